The van der Waals surface area contributed by atoms with Crippen LogP contribution in [0, 0.1) is 6.92 Å². The van der Waals surface area contributed by atoms with E-state index in [0.29, 0.717) is 17.1 Å². The Morgan fingerprint density at radius 1 is 1.18 bits per heavy atom. The van der Waals surface area contributed by atoms with Gasteiger partial charge in [0.05, 0.1) is 12.3 Å². The van der Waals surface area contributed by atoms with Crippen molar-refractivity contribution in [2.75, 3.05) is 23.7 Å². The first kappa shape index (κ1) is 26.0. The number of sulfonamides is 1. The van der Waals surface area contributed by atoms with Crippen molar-refractivity contribution in [3.63, 3.8) is 0 Å². The summed E-state index contributed by atoms with van der Waals surface area (Å²) >= 11 is 6.34. The highest BCUT2D eigenvalue weighted by atomic mass is 35.5. The van der Waals surface area contributed by atoms with E-state index in [0.717, 1.165) is 44.1 Å². The van der Waals surface area contributed by atoms with Crippen molar-refractivity contribution in [3.8, 4) is 0 Å². The third-order valence-corrected chi connectivity index (χ3v) is 9.11. The van der Waals surface area contributed by atoms with Gasteiger partial charge in [-0.05, 0) is 50.8 Å². The molecule has 0 bridgehead atoms. The van der Waals surface area contributed by atoms with E-state index in [4.69, 9.17) is 11.6 Å². The second-order valence-corrected chi connectivity index (χ2v) is 12.0. The number of nitrogens with zero attached hydrogens (tertiary/aromatic N) is 2. The van der Waals surface area contributed by atoms with Gasteiger partial charge in [0.2, 0.25) is 21.8 Å². The fourth-order valence-corrected chi connectivity index (χ4v) is 6.52. The average Bonchev–Trinajstić information content (AvgIpc) is 2.71. The number of piperazine rings is 1. The fraction of sp³-hybridized carbons (Fsp3) is 0.667. The molecule has 1 N–H and O–H groups in total. The zero-order valence-corrected chi connectivity index (χ0v) is 21.5. The Morgan fingerprint density at radius 2 is 1.82 bits per heavy atom. The topological polar surface area (TPSA) is 86.8 Å². The van der Waals surface area contributed by atoms with Crippen molar-refractivity contribution < 1.29 is 18.0 Å². The number of benzene rings is 1. The van der Waals surface area contributed by atoms with Gasteiger partial charge < -0.3 is 5.32 Å². The van der Waals surface area contributed by atoms with Crippen LogP contribution < -0.4 is 10.2 Å². The molecular weight excluding hydrogens is 462 g/mol. The Morgan fingerprint density at radius 3 is 2.42 bits per heavy atom. The molecule has 7 nitrogen and oxygen atoms in total. The van der Waals surface area contributed by atoms with Crippen LogP contribution in [-0.4, -0.2) is 55.0 Å². The number of hydrogen-bond acceptors (Lipinski definition) is 4. The van der Waals surface area contributed by atoms with Gasteiger partial charge in [-0.25, -0.2) is 8.42 Å². The number of anilines is 1. The molecule has 3 rings (SSSR count). The molecule has 1 heterocycles. The second kappa shape index (κ2) is 10.7. The van der Waals surface area contributed by atoms with Gasteiger partial charge in [0, 0.05) is 23.3 Å². The Hall–Kier alpha value is -1.64. The zero-order valence-electron chi connectivity index (χ0n) is 19.9. The third kappa shape index (κ3) is 5.89. The zero-order chi connectivity index (χ0) is 24.2. The Labute approximate surface area is 202 Å². The van der Waals surface area contributed by atoms with Gasteiger partial charge in [-0.15, -0.1) is 0 Å². The SMILES string of the molecule is CCCS(=O)(=O)N1CC(=O)N(c2ccc(C)c(Cl)c2)[C@](C)(C(=O)NC2CCCCCCC2)C1. The monoisotopic (exact) mass is 497 g/mol. The van der Waals surface area contributed by atoms with Crippen molar-refractivity contribution in [2.45, 2.75) is 83.7 Å². The largest absolute Gasteiger partial charge is 0.351 e. The van der Waals surface area contributed by atoms with Gasteiger partial charge in [-0.2, -0.15) is 4.31 Å². The van der Waals surface area contributed by atoms with Crippen LogP contribution in [0.15, 0.2) is 18.2 Å². The predicted octanol–water partition coefficient (Wildman–Crippen LogP) is 4.02. The molecule has 2 amide bonds. The van der Waals surface area contributed by atoms with Crippen LogP contribution >= 0.6 is 11.6 Å². The number of carbonyl (C=O) groups is 2. The van der Waals surface area contributed by atoms with E-state index >= 15 is 0 Å². The molecule has 0 radical (unpaired) electrons. The number of rotatable bonds is 6. The van der Waals surface area contributed by atoms with Gasteiger partial charge in [0.15, 0.2) is 0 Å². The smallest absolute Gasteiger partial charge is 0.247 e. The Balaban J connectivity index is 1.97. The van der Waals surface area contributed by atoms with Crippen molar-refractivity contribution in [1.29, 1.82) is 0 Å². The number of amides is 2. The van der Waals surface area contributed by atoms with Crippen LogP contribution in [0.2, 0.25) is 5.02 Å². The van der Waals surface area contributed by atoms with E-state index in [9.17, 15) is 18.0 Å². The number of hydrogen-bond donors (Lipinski definition) is 1. The molecule has 9 heteroatoms. The maximum absolute atomic E-state index is 13.7. The predicted molar refractivity (Wildman–Crippen MR) is 132 cm³/mol. The lowest BCUT2D eigenvalue weighted by molar-refractivity contribution is -0.133. The first-order chi connectivity index (χ1) is 15.6. The molecule has 1 aliphatic heterocycles. The van der Waals surface area contributed by atoms with Crippen molar-refractivity contribution in [2.24, 2.45) is 0 Å². The molecule has 0 spiro atoms. The summed E-state index contributed by atoms with van der Waals surface area (Å²) in [6.07, 6.45) is 7.85. The van der Waals surface area contributed by atoms with Crippen molar-refractivity contribution in [1.82, 2.24) is 9.62 Å². The van der Waals surface area contributed by atoms with E-state index in [1.165, 1.54) is 15.6 Å². The maximum atomic E-state index is 13.7. The molecule has 1 aromatic carbocycles. The van der Waals surface area contributed by atoms with E-state index in [2.05, 4.69) is 5.32 Å². The highest BCUT2D eigenvalue weighted by Crippen LogP contribution is 2.33. The molecule has 1 aliphatic carbocycles. The van der Waals surface area contributed by atoms with E-state index in [1.54, 1.807) is 32.0 Å². The molecule has 0 aromatic heterocycles. The summed E-state index contributed by atoms with van der Waals surface area (Å²) in [4.78, 5) is 28.5. The van der Waals surface area contributed by atoms with Crippen LogP contribution in [-0.2, 0) is 19.6 Å². The fourth-order valence-electron chi connectivity index (χ4n) is 4.82. The van der Waals surface area contributed by atoms with Crippen molar-refractivity contribution in [3.05, 3.63) is 28.8 Å². The van der Waals surface area contributed by atoms with Gasteiger partial charge in [0.1, 0.15) is 5.54 Å². The number of carbonyl (C=O) groups excluding carboxylic acids is 2. The summed E-state index contributed by atoms with van der Waals surface area (Å²) in [5, 5.41) is 3.65. The van der Waals surface area contributed by atoms with Gasteiger partial charge >= 0.3 is 0 Å². The summed E-state index contributed by atoms with van der Waals surface area (Å²) in [7, 11) is -3.66. The first-order valence-corrected chi connectivity index (χ1v) is 13.9. The molecular formula is C24H36ClN3O4S. The summed E-state index contributed by atoms with van der Waals surface area (Å²) < 4.78 is 26.9. The van der Waals surface area contributed by atoms with E-state index in [1.807, 2.05) is 6.92 Å². The summed E-state index contributed by atoms with van der Waals surface area (Å²) in [6, 6.07) is 5.26. The third-order valence-electron chi connectivity index (χ3n) is 6.74. The lowest BCUT2D eigenvalue weighted by Gasteiger charge is -2.47. The van der Waals surface area contributed by atoms with Crippen LogP contribution in [0.25, 0.3) is 0 Å². The molecule has 1 saturated carbocycles. The van der Waals surface area contributed by atoms with Crippen LogP contribution in [0.4, 0.5) is 5.69 Å². The molecule has 1 aromatic rings. The quantitative estimate of drug-likeness (QED) is 0.643. The van der Waals surface area contributed by atoms with Crippen LogP contribution in [0.1, 0.15) is 70.8 Å². The number of nitrogens with one attached hydrogen (secondary N) is 1. The minimum atomic E-state index is -3.66. The molecule has 1 atom stereocenters. The molecule has 2 fully saturated rings. The second-order valence-electron chi connectivity index (χ2n) is 9.54. The van der Waals surface area contributed by atoms with Crippen LogP contribution in [0.3, 0.4) is 0 Å². The highest BCUT2D eigenvalue weighted by molar-refractivity contribution is 7.89. The highest BCUT2D eigenvalue weighted by Gasteiger charge is 2.51. The summed E-state index contributed by atoms with van der Waals surface area (Å²) in [5.41, 5.74) is -0.0342. The maximum Gasteiger partial charge on any atom is 0.247 e. The van der Waals surface area contributed by atoms with Gasteiger partial charge in [-0.1, -0.05) is 56.7 Å². The number of halogens is 1. The Kier molecular flexibility index (Phi) is 8.45. The van der Waals surface area contributed by atoms with Crippen LogP contribution in [0.5, 0.6) is 0 Å². The van der Waals surface area contributed by atoms with Gasteiger partial charge in [0.25, 0.3) is 0 Å². The molecule has 184 valence electrons. The lowest BCUT2D eigenvalue weighted by atomic mass is 9.92. The minimum absolute atomic E-state index is 0.0239. The van der Waals surface area contributed by atoms with E-state index < -0.39 is 21.5 Å². The lowest BCUT2D eigenvalue weighted by Crippen LogP contribution is -2.71. The normalized spacial score (nSPS) is 23.8. The van der Waals surface area contributed by atoms with Gasteiger partial charge in [-0.3, -0.25) is 14.5 Å². The van der Waals surface area contributed by atoms with E-state index in [-0.39, 0.29) is 30.8 Å². The average molecular weight is 498 g/mol. The Bertz CT molecular complexity index is 976. The summed E-state index contributed by atoms with van der Waals surface area (Å²) in [5.74, 6) is -0.817. The minimum Gasteiger partial charge on any atom is -0.351 e. The molecule has 0 unspecified atom stereocenters. The standard InChI is InChI=1S/C24H36ClN3O4S/c1-4-14-33(31,32)27-16-22(29)28(20-13-12-18(2)21(25)15-20)24(3,17-27)23(30)26-19-10-8-6-5-7-9-11-19/h12-13,15,19H,4-11,14,16-17H2,1-3H3,(H,26,30)/t24-/m0/s1. The molecule has 33 heavy (non-hydrogen) atoms. The van der Waals surface area contributed by atoms with Crippen molar-refractivity contribution >= 4 is 39.1 Å². The first-order valence-electron chi connectivity index (χ1n) is 12.0. The summed E-state index contributed by atoms with van der Waals surface area (Å²) in [6.45, 7) is 4.92. The molecule has 1 saturated heterocycles. The number of aryl methyl sites for hydroxylation is 1. The molecule has 2 aliphatic rings.